The molecule has 0 bridgehead atoms. The van der Waals surface area contributed by atoms with Crippen molar-refractivity contribution in [2.75, 3.05) is 7.11 Å². The topological polar surface area (TPSA) is 39.2 Å². The van der Waals surface area contributed by atoms with Crippen LogP contribution in [0, 0.1) is 5.92 Å². The second kappa shape index (κ2) is 4.98. The van der Waals surface area contributed by atoms with Crippen LogP contribution >= 0.6 is 11.3 Å². The van der Waals surface area contributed by atoms with Gasteiger partial charge >= 0.3 is 0 Å². The Morgan fingerprint density at radius 1 is 1.32 bits per heavy atom. The lowest BCUT2D eigenvalue weighted by Crippen LogP contribution is -2.33. The molecule has 1 aromatic rings. The molecular formula is C15H21NO2S. The van der Waals surface area contributed by atoms with Gasteiger partial charge in [-0.3, -0.25) is 4.79 Å². The Morgan fingerprint density at radius 2 is 2.05 bits per heavy atom. The molecule has 0 N–H and O–H groups in total. The molecule has 1 heterocycles. The van der Waals surface area contributed by atoms with Crippen LogP contribution in [-0.2, 0) is 16.8 Å². The lowest BCUT2D eigenvalue weighted by Gasteiger charge is -2.36. The van der Waals surface area contributed by atoms with Crippen LogP contribution in [0.15, 0.2) is 0 Å². The van der Waals surface area contributed by atoms with Crippen LogP contribution in [0.1, 0.15) is 65.8 Å². The minimum Gasteiger partial charge on any atom is -0.371 e. The Kier molecular flexibility index (Phi) is 3.48. The van der Waals surface area contributed by atoms with Gasteiger partial charge in [-0.15, -0.1) is 11.3 Å². The monoisotopic (exact) mass is 279 g/mol. The number of aryl methyl sites for hydroxylation is 1. The number of thiazole rings is 1. The molecule has 2 aliphatic rings. The molecule has 0 amide bonds. The third kappa shape index (κ3) is 2.25. The van der Waals surface area contributed by atoms with E-state index in [0.717, 1.165) is 42.3 Å². The van der Waals surface area contributed by atoms with Crippen LogP contribution in [0.4, 0.5) is 0 Å². The molecule has 4 heteroatoms. The number of rotatable bonds is 2. The first-order chi connectivity index (χ1) is 9.14. The van der Waals surface area contributed by atoms with Crippen LogP contribution < -0.4 is 0 Å². The Balaban J connectivity index is 1.94. The normalized spacial score (nSPS) is 31.3. The van der Waals surface area contributed by atoms with Gasteiger partial charge in [-0.1, -0.05) is 6.92 Å². The highest BCUT2D eigenvalue weighted by atomic mass is 32.1. The van der Waals surface area contributed by atoms with Crippen molar-refractivity contribution in [3.05, 3.63) is 15.6 Å². The largest absolute Gasteiger partial charge is 0.371 e. The summed E-state index contributed by atoms with van der Waals surface area (Å²) in [5.41, 5.74) is 0.510. The molecule has 2 aliphatic carbocycles. The molecule has 1 fully saturated rings. The maximum Gasteiger partial charge on any atom is 0.182 e. The molecule has 1 aromatic heterocycles. The van der Waals surface area contributed by atoms with Crippen molar-refractivity contribution in [1.29, 1.82) is 0 Å². The van der Waals surface area contributed by atoms with E-state index in [9.17, 15) is 4.79 Å². The summed E-state index contributed by atoms with van der Waals surface area (Å²) in [5.74, 6) is 0.999. The highest BCUT2D eigenvalue weighted by Gasteiger charge is 2.40. The molecule has 0 aliphatic heterocycles. The number of carbonyl (C=O) groups is 1. The van der Waals surface area contributed by atoms with E-state index in [-0.39, 0.29) is 11.4 Å². The molecule has 3 rings (SSSR count). The number of hydrogen-bond donors (Lipinski definition) is 0. The van der Waals surface area contributed by atoms with E-state index in [1.54, 1.807) is 18.4 Å². The van der Waals surface area contributed by atoms with Crippen molar-refractivity contribution in [2.24, 2.45) is 5.92 Å². The van der Waals surface area contributed by atoms with E-state index in [1.807, 2.05) is 0 Å². The van der Waals surface area contributed by atoms with Gasteiger partial charge in [0.2, 0.25) is 0 Å². The van der Waals surface area contributed by atoms with Gasteiger partial charge in [0.05, 0.1) is 0 Å². The summed E-state index contributed by atoms with van der Waals surface area (Å²) in [6, 6.07) is 0. The van der Waals surface area contributed by atoms with E-state index in [0.29, 0.717) is 6.42 Å². The van der Waals surface area contributed by atoms with Gasteiger partial charge in [0.1, 0.15) is 16.3 Å². The molecule has 0 unspecified atom stereocenters. The van der Waals surface area contributed by atoms with Crippen LogP contribution in [0.3, 0.4) is 0 Å². The summed E-state index contributed by atoms with van der Waals surface area (Å²) in [6.45, 7) is 2.30. The van der Waals surface area contributed by atoms with Crippen molar-refractivity contribution in [3.63, 3.8) is 0 Å². The molecule has 0 aromatic carbocycles. The van der Waals surface area contributed by atoms with Gasteiger partial charge in [-0.2, -0.15) is 0 Å². The average Bonchev–Trinajstić information content (AvgIpc) is 2.86. The first kappa shape index (κ1) is 13.3. The quantitative estimate of drug-likeness (QED) is 0.828. The van der Waals surface area contributed by atoms with Gasteiger partial charge in [0.15, 0.2) is 5.78 Å². The lowest BCUT2D eigenvalue weighted by molar-refractivity contribution is -0.0531. The smallest absolute Gasteiger partial charge is 0.182 e. The van der Waals surface area contributed by atoms with Crippen molar-refractivity contribution in [1.82, 2.24) is 4.98 Å². The summed E-state index contributed by atoms with van der Waals surface area (Å²) in [7, 11) is 1.79. The highest BCUT2D eigenvalue weighted by molar-refractivity contribution is 7.12. The summed E-state index contributed by atoms with van der Waals surface area (Å²) in [4.78, 5) is 17.8. The van der Waals surface area contributed by atoms with Crippen molar-refractivity contribution in [3.8, 4) is 0 Å². The van der Waals surface area contributed by atoms with Crippen LogP contribution in [0.5, 0.6) is 0 Å². The van der Waals surface area contributed by atoms with Gasteiger partial charge in [-0.05, 0) is 44.4 Å². The Bertz CT molecular complexity index is 486. The average molecular weight is 279 g/mol. The first-order valence-electron chi connectivity index (χ1n) is 7.23. The van der Waals surface area contributed by atoms with E-state index in [4.69, 9.17) is 4.74 Å². The lowest BCUT2D eigenvalue weighted by atomic mass is 9.80. The predicted octanol–water partition coefficient (Wildman–Crippen LogP) is 3.71. The number of nitrogens with zero attached hydrogens (tertiary/aromatic N) is 1. The number of Topliss-reactive ketones (excluding diaryl/α,β-unsaturated/α-hetero) is 1. The number of carbonyl (C=O) groups excluding carboxylic acids is 1. The molecule has 0 saturated heterocycles. The van der Waals surface area contributed by atoms with E-state index < -0.39 is 0 Å². The molecule has 1 saturated carbocycles. The maximum atomic E-state index is 11.9. The van der Waals surface area contributed by atoms with Gasteiger partial charge in [-0.25, -0.2) is 4.98 Å². The predicted molar refractivity (Wildman–Crippen MR) is 75.7 cm³/mol. The minimum atomic E-state index is -0.227. The molecule has 0 atom stereocenters. The Hall–Kier alpha value is -0.740. The zero-order chi connectivity index (χ0) is 13.5. The van der Waals surface area contributed by atoms with Crippen LogP contribution in [0.25, 0.3) is 0 Å². The summed E-state index contributed by atoms with van der Waals surface area (Å²) < 4.78 is 5.86. The van der Waals surface area contributed by atoms with Gasteiger partial charge < -0.3 is 4.74 Å². The number of fused-ring (bicyclic) bond motifs is 1. The fraction of sp³-hybridized carbons (Fsp3) is 0.733. The second-order valence-corrected chi connectivity index (χ2v) is 7.03. The van der Waals surface area contributed by atoms with E-state index >= 15 is 0 Å². The molecule has 0 radical (unpaired) electrons. The molecule has 19 heavy (non-hydrogen) atoms. The Morgan fingerprint density at radius 3 is 2.68 bits per heavy atom. The number of methoxy groups -OCH3 is 1. The van der Waals surface area contributed by atoms with Gasteiger partial charge in [0, 0.05) is 18.4 Å². The second-order valence-electron chi connectivity index (χ2n) is 5.95. The minimum absolute atomic E-state index is 0.221. The molecule has 104 valence electrons. The van der Waals surface area contributed by atoms with E-state index in [2.05, 4.69) is 11.9 Å². The first-order valence-corrected chi connectivity index (χ1v) is 8.05. The Labute approximate surface area is 118 Å². The van der Waals surface area contributed by atoms with Crippen molar-refractivity contribution in [2.45, 2.75) is 57.5 Å². The third-order valence-corrected chi connectivity index (χ3v) is 5.93. The highest BCUT2D eigenvalue weighted by Crippen LogP contribution is 2.44. The summed E-state index contributed by atoms with van der Waals surface area (Å²) in [5, 5.41) is 1.04. The zero-order valence-corrected chi connectivity index (χ0v) is 12.5. The number of ether oxygens (including phenoxy) is 1. The fourth-order valence-electron chi connectivity index (χ4n) is 3.20. The molecule has 3 nitrogen and oxygen atoms in total. The van der Waals surface area contributed by atoms with Crippen molar-refractivity contribution < 1.29 is 9.53 Å². The number of ketones is 1. The van der Waals surface area contributed by atoms with Crippen LogP contribution in [-0.4, -0.2) is 17.9 Å². The standard InChI is InChI=1S/C15H21NO2S/c1-10-6-8-15(18-2,9-7-10)14-16-13-11(17)4-3-5-12(13)19-14/h10H,3-9H2,1-2H3. The fourth-order valence-corrected chi connectivity index (χ4v) is 4.54. The van der Waals surface area contributed by atoms with Gasteiger partial charge in [0.25, 0.3) is 0 Å². The number of hydrogen-bond acceptors (Lipinski definition) is 4. The maximum absolute atomic E-state index is 11.9. The summed E-state index contributed by atoms with van der Waals surface area (Å²) in [6.07, 6.45) is 7.08. The summed E-state index contributed by atoms with van der Waals surface area (Å²) >= 11 is 1.71. The van der Waals surface area contributed by atoms with Crippen LogP contribution in [0.2, 0.25) is 0 Å². The number of aromatic nitrogens is 1. The molecule has 0 spiro atoms. The molecular weight excluding hydrogens is 258 g/mol. The zero-order valence-electron chi connectivity index (χ0n) is 11.7. The SMILES string of the molecule is COC1(c2nc3c(s2)CCCC3=O)CCC(C)CC1. The van der Waals surface area contributed by atoms with E-state index in [1.165, 1.54) is 17.7 Å². The third-order valence-electron chi connectivity index (χ3n) is 4.63. The van der Waals surface area contributed by atoms with Crippen molar-refractivity contribution >= 4 is 17.1 Å².